The van der Waals surface area contributed by atoms with Crippen LogP contribution in [0.4, 0.5) is 0 Å². The maximum absolute atomic E-state index is 4.60. The minimum atomic E-state index is 0.676. The first-order chi connectivity index (χ1) is 28.9. The Hall–Kier alpha value is -6.43. The summed E-state index contributed by atoms with van der Waals surface area (Å²) in [7, 11) is 0. The lowest BCUT2D eigenvalue weighted by molar-refractivity contribution is 0.412. The molecular formula is C37H50N16O3S4. The van der Waals surface area contributed by atoms with Crippen molar-refractivity contribution in [2.75, 3.05) is 0 Å². The van der Waals surface area contributed by atoms with E-state index in [2.05, 4.69) is 92.4 Å². The normalized spacial score (nSPS) is 8.83. The molecule has 0 aliphatic heterocycles. The van der Waals surface area contributed by atoms with Crippen molar-refractivity contribution < 1.29 is 13.5 Å². The van der Waals surface area contributed by atoms with Crippen LogP contribution in [0.3, 0.4) is 0 Å². The Morgan fingerprint density at radius 1 is 0.617 bits per heavy atom. The summed E-state index contributed by atoms with van der Waals surface area (Å²) < 4.78 is 24.7. The fourth-order valence-electron chi connectivity index (χ4n) is 2.69. The molecule has 0 amide bonds. The second-order valence-corrected chi connectivity index (χ2v) is 14.0. The number of H-pyrrole nitrogens is 3. The predicted molar refractivity (Wildman–Crippen MR) is 234 cm³/mol. The Labute approximate surface area is 364 Å². The van der Waals surface area contributed by atoms with E-state index in [1.54, 1.807) is 67.4 Å². The monoisotopic (exact) mass is 894 g/mol. The molecule has 23 heteroatoms. The van der Waals surface area contributed by atoms with E-state index >= 15 is 0 Å². The molecule has 3 N–H and O–H groups in total. The smallest absolute Gasteiger partial charge is 0.213 e. The molecule has 0 aliphatic carbocycles. The Bertz CT molecular complexity index is 1660. The third-order valence-electron chi connectivity index (χ3n) is 5.54. The van der Waals surface area contributed by atoms with Crippen molar-refractivity contribution in [1.82, 2.24) is 78.9 Å². The van der Waals surface area contributed by atoms with Crippen LogP contribution in [-0.2, 0) is 0 Å². The first-order valence-corrected chi connectivity index (χ1v) is 20.9. The standard InChI is InChI=1S/3C4H6N2.2C4H5NO.2C4H5NS.C3H4N2O.2C3H4N2S/c1-4-2-5-3-6-4;1-4-2-5-6-3-4;1-4-2-3-5-6-4;1-4-2-6-3-5-4;1-4-2-5-6-3-4;1-4-2-6-3-5-4;1-4-2-5-6-3-4;2*1-3-4-2-6-5-3;1-3-2-6-5-4-3/h3*2-3H,1H3,(H,5,6);4*2-3H,1H3;3*2H,1H3. The fourth-order valence-corrected chi connectivity index (χ4v) is 4.62. The summed E-state index contributed by atoms with van der Waals surface area (Å²) in [5.74, 6) is 1.54. The average molecular weight is 895 g/mol. The minimum Gasteiger partial charge on any atom is -0.452 e. The van der Waals surface area contributed by atoms with Crippen LogP contribution in [0.2, 0.25) is 0 Å². The van der Waals surface area contributed by atoms with Gasteiger partial charge in [-0.2, -0.15) is 19.6 Å². The van der Waals surface area contributed by atoms with Crippen molar-refractivity contribution in [3.05, 3.63) is 159 Å². The number of aryl methyl sites for hydroxylation is 10. The molecule has 0 saturated carbocycles. The maximum Gasteiger partial charge on any atom is 0.213 e. The molecule has 0 bridgehead atoms. The molecule has 0 saturated heterocycles. The van der Waals surface area contributed by atoms with Crippen molar-refractivity contribution in [2.24, 2.45) is 0 Å². The summed E-state index contributed by atoms with van der Waals surface area (Å²) in [6, 6.07) is 1.92. The number of oxazole rings is 1. The Balaban J connectivity index is 0.000000333. The van der Waals surface area contributed by atoms with Crippen LogP contribution in [0, 0.1) is 69.2 Å². The second kappa shape index (κ2) is 34.6. The zero-order valence-corrected chi connectivity index (χ0v) is 38.3. The van der Waals surface area contributed by atoms with E-state index in [1.165, 1.54) is 58.5 Å². The number of thiazole rings is 1. The van der Waals surface area contributed by atoms with Gasteiger partial charge in [-0.15, -0.1) is 16.4 Å². The van der Waals surface area contributed by atoms with Gasteiger partial charge < -0.3 is 18.4 Å². The number of hydrogen-bond donors (Lipinski definition) is 3. The highest BCUT2D eigenvalue weighted by Gasteiger charge is 1.82. The predicted octanol–water partition coefficient (Wildman–Crippen LogP) is 9.09. The van der Waals surface area contributed by atoms with Crippen molar-refractivity contribution in [2.45, 2.75) is 69.2 Å². The summed E-state index contributed by atoms with van der Waals surface area (Å²) in [5.41, 5.74) is 12.3. The van der Waals surface area contributed by atoms with Crippen LogP contribution in [0.5, 0.6) is 0 Å². The topological polar surface area (TPSA) is 254 Å². The van der Waals surface area contributed by atoms with Crippen molar-refractivity contribution >= 4 is 45.9 Å². The summed E-state index contributed by atoms with van der Waals surface area (Å²) in [6.07, 6.45) is 18.2. The van der Waals surface area contributed by atoms with Crippen molar-refractivity contribution in [3.8, 4) is 0 Å². The second-order valence-electron chi connectivity index (χ2n) is 11.4. The van der Waals surface area contributed by atoms with E-state index < -0.39 is 0 Å². The van der Waals surface area contributed by atoms with Gasteiger partial charge in [0.2, 0.25) is 6.39 Å². The Kier molecular flexibility index (Phi) is 29.7. The van der Waals surface area contributed by atoms with E-state index in [0.717, 1.165) is 39.9 Å². The third kappa shape index (κ3) is 32.6. The average Bonchev–Trinajstić information content (AvgIpc) is 4.06. The zero-order chi connectivity index (χ0) is 44.1. The number of imidazole rings is 1. The molecule has 10 heterocycles. The molecule has 0 fully saturated rings. The molecule has 0 atom stereocenters. The molecule has 0 unspecified atom stereocenters. The summed E-state index contributed by atoms with van der Waals surface area (Å²) in [4.78, 5) is 21.8. The molecule has 60 heavy (non-hydrogen) atoms. The first kappa shape index (κ1) is 51.6. The number of nitrogens with one attached hydrogen (secondary N) is 3. The molecule has 19 nitrogen and oxygen atoms in total. The SMILES string of the molecule is Cc1ccn[nH]1.Cc1cn[nH]c1.Cc1cnc[nH]1.Cc1cnoc1.Cc1cnsc1.Cc1cocn1.Cc1cscn1.Cc1csnn1.Cc1ncon1.Cc1ncsn1. The lowest BCUT2D eigenvalue weighted by Crippen LogP contribution is -1.66. The summed E-state index contributed by atoms with van der Waals surface area (Å²) in [5, 5.41) is 29.3. The van der Waals surface area contributed by atoms with Gasteiger partial charge in [-0.05, 0) is 121 Å². The van der Waals surface area contributed by atoms with Crippen molar-refractivity contribution in [3.63, 3.8) is 0 Å². The van der Waals surface area contributed by atoms with Gasteiger partial charge in [-0.1, -0.05) is 14.8 Å². The van der Waals surface area contributed by atoms with Crippen LogP contribution in [0.15, 0.2) is 116 Å². The molecular weight excluding hydrogens is 845 g/mol. The summed E-state index contributed by atoms with van der Waals surface area (Å²) in [6.45, 7) is 19.3. The summed E-state index contributed by atoms with van der Waals surface area (Å²) >= 11 is 5.88. The molecule has 0 radical (unpaired) electrons. The Morgan fingerprint density at radius 2 is 1.45 bits per heavy atom. The number of rotatable bonds is 0. The maximum atomic E-state index is 4.60. The molecule has 320 valence electrons. The zero-order valence-electron chi connectivity index (χ0n) is 35.0. The van der Waals surface area contributed by atoms with Gasteiger partial charge in [0.25, 0.3) is 0 Å². The number of hydrogen-bond acceptors (Lipinski definition) is 20. The highest BCUT2D eigenvalue weighted by atomic mass is 32.1. The molecule has 10 aromatic rings. The molecule has 0 aromatic carbocycles. The van der Waals surface area contributed by atoms with Crippen LogP contribution in [0.1, 0.15) is 56.8 Å². The van der Waals surface area contributed by atoms with Gasteiger partial charge in [-0.25, -0.2) is 19.3 Å². The van der Waals surface area contributed by atoms with E-state index in [1.807, 2.05) is 102 Å². The largest absolute Gasteiger partial charge is 0.452 e. The van der Waals surface area contributed by atoms with Crippen LogP contribution >= 0.6 is 45.9 Å². The quantitative estimate of drug-likeness (QED) is 0.128. The number of nitrogens with zero attached hydrogens (tertiary/aromatic N) is 13. The van der Waals surface area contributed by atoms with Gasteiger partial charge in [0.15, 0.2) is 12.2 Å². The van der Waals surface area contributed by atoms with Crippen LogP contribution in [-0.4, -0.2) is 78.9 Å². The van der Waals surface area contributed by atoms with Gasteiger partial charge >= 0.3 is 0 Å². The molecule has 0 spiro atoms. The van der Waals surface area contributed by atoms with E-state index in [9.17, 15) is 0 Å². The molecule has 10 aromatic heterocycles. The highest BCUT2D eigenvalue weighted by molar-refractivity contribution is 7.07. The Morgan fingerprint density at radius 3 is 1.62 bits per heavy atom. The third-order valence-corrected chi connectivity index (χ3v) is 8.15. The molecule has 10 rings (SSSR count). The van der Waals surface area contributed by atoms with Gasteiger partial charge in [0.05, 0.1) is 35.6 Å². The van der Waals surface area contributed by atoms with Gasteiger partial charge in [0.1, 0.15) is 23.9 Å². The van der Waals surface area contributed by atoms with E-state index in [-0.39, 0.29) is 0 Å². The first-order valence-electron chi connectivity index (χ1n) is 17.4. The highest BCUT2D eigenvalue weighted by Crippen LogP contribution is 1.97. The van der Waals surface area contributed by atoms with Crippen molar-refractivity contribution in [1.29, 1.82) is 0 Å². The van der Waals surface area contributed by atoms with Gasteiger partial charge in [0, 0.05) is 63.6 Å². The lowest BCUT2D eigenvalue weighted by atomic mass is 10.4. The number of aromatic amines is 3. The number of aromatic nitrogens is 16. The van der Waals surface area contributed by atoms with E-state index in [4.69, 9.17) is 0 Å². The van der Waals surface area contributed by atoms with Crippen LogP contribution < -0.4 is 0 Å². The van der Waals surface area contributed by atoms with Crippen LogP contribution in [0.25, 0.3) is 0 Å². The fraction of sp³-hybridized carbons (Fsp3) is 0.270. The molecule has 0 aliphatic rings. The van der Waals surface area contributed by atoms with Gasteiger partial charge in [-0.3, -0.25) is 15.2 Å². The lowest BCUT2D eigenvalue weighted by Gasteiger charge is -1.68. The minimum absolute atomic E-state index is 0.676. The van der Waals surface area contributed by atoms with E-state index in [0.29, 0.717) is 5.82 Å².